The van der Waals surface area contributed by atoms with Crippen molar-refractivity contribution in [2.24, 2.45) is 11.3 Å². The van der Waals surface area contributed by atoms with Crippen LogP contribution in [0, 0.1) is 11.3 Å². The third-order valence-corrected chi connectivity index (χ3v) is 3.85. The minimum Gasteiger partial charge on any atom is -0.481 e. The molecule has 3 heteroatoms. The van der Waals surface area contributed by atoms with Gasteiger partial charge >= 0.3 is 5.97 Å². The monoisotopic (exact) mass is 211 g/mol. The van der Waals surface area contributed by atoms with E-state index < -0.39 is 11.4 Å². The minimum absolute atomic E-state index is 0.427. The van der Waals surface area contributed by atoms with E-state index in [4.69, 9.17) is 0 Å². The van der Waals surface area contributed by atoms with E-state index in [1.165, 1.54) is 12.8 Å². The van der Waals surface area contributed by atoms with Crippen molar-refractivity contribution < 1.29 is 9.90 Å². The predicted octanol–water partition coefficient (Wildman–Crippen LogP) is 1.97. The lowest BCUT2D eigenvalue weighted by molar-refractivity contribution is -0.149. The van der Waals surface area contributed by atoms with Gasteiger partial charge in [-0.3, -0.25) is 4.79 Å². The highest BCUT2D eigenvalue weighted by Gasteiger charge is 2.42. The van der Waals surface area contributed by atoms with Gasteiger partial charge in [0.05, 0.1) is 5.41 Å². The first kappa shape index (κ1) is 10.9. The Morgan fingerprint density at radius 2 is 2.00 bits per heavy atom. The second-order valence-corrected chi connectivity index (χ2v) is 5.43. The van der Waals surface area contributed by atoms with Crippen molar-refractivity contribution in [1.82, 2.24) is 4.90 Å². The molecule has 2 aliphatic carbocycles. The van der Waals surface area contributed by atoms with Gasteiger partial charge in [0.15, 0.2) is 0 Å². The maximum atomic E-state index is 11.3. The average molecular weight is 211 g/mol. The Hall–Kier alpha value is -0.570. The van der Waals surface area contributed by atoms with Crippen molar-refractivity contribution in [3.8, 4) is 0 Å². The number of hydrogen-bond donors (Lipinski definition) is 1. The van der Waals surface area contributed by atoms with Gasteiger partial charge in [-0.15, -0.1) is 0 Å². The second kappa shape index (κ2) is 4.12. The zero-order valence-corrected chi connectivity index (χ0v) is 9.54. The number of nitrogens with zero attached hydrogens (tertiary/aromatic N) is 1. The maximum absolute atomic E-state index is 11.3. The summed E-state index contributed by atoms with van der Waals surface area (Å²) in [6.07, 6.45) is 6.59. The van der Waals surface area contributed by atoms with E-state index in [0.717, 1.165) is 44.7 Å². The van der Waals surface area contributed by atoms with E-state index >= 15 is 0 Å². The van der Waals surface area contributed by atoms with Crippen LogP contribution in [-0.2, 0) is 4.79 Å². The summed E-state index contributed by atoms with van der Waals surface area (Å²) in [4.78, 5) is 13.6. The van der Waals surface area contributed by atoms with Gasteiger partial charge in [0.2, 0.25) is 0 Å². The highest BCUT2D eigenvalue weighted by atomic mass is 16.4. The molecule has 0 bridgehead atoms. The van der Waals surface area contributed by atoms with Crippen LogP contribution in [0.2, 0.25) is 0 Å². The summed E-state index contributed by atoms with van der Waals surface area (Å²) in [5.41, 5.74) is -0.427. The van der Waals surface area contributed by atoms with Gasteiger partial charge in [-0.1, -0.05) is 12.8 Å². The first-order valence-electron chi connectivity index (χ1n) is 6.04. The molecule has 1 N–H and O–H groups in total. The molecular formula is C12H21NO2. The minimum atomic E-state index is -0.581. The summed E-state index contributed by atoms with van der Waals surface area (Å²) in [5.74, 6) is 0.268. The lowest BCUT2D eigenvalue weighted by Crippen LogP contribution is -2.40. The fourth-order valence-electron chi connectivity index (χ4n) is 2.81. The number of rotatable bonds is 5. The third kappa shape index (κ3) is 2.51. The quantitative estimate of drug-likeness (QED) is 0.756. The predicted molar refractivity (Wildman–Crippen MR) is 58.8 cm³/mol. The molecule has 0 unspecified atom stereocenters. The van der Waals surface area contributed by atoms with Crippen LogP contribution in [0.25, 0.3) is 0 Å². The maximum Gasteiger partial charge on any atom is 0.310 e. The van der Waals surface area contributed by atoms with Crippen LogP contribution in [0.3, 0.4) is 0 Å². The van der Waals surface area contributed by atoms with Crippen molar-refractivity contribution in [2.45, 2.75) is 38.5 Å². The Bertz CT molecular complexity index is 242. The molecule has 0 aliphatic heterocycles. The van der Waals surface area contributed by atoms with Crippen molar-refractivity contribution >= 4 is 5.97 Å². The molecule has 0 amide bonds. The van der Waals surface area contributed by atoms with E-state index in [1.54, 1.807) is 0 Å². The van der Waals surface area contributed by atoms with Gasteiger partial charge in [0.1, 0.15) is 0 Å². The SMILES string of the molecule is CN(CC1CC1)CC1(C(=O)O)CCCC1. The summed E-state index contributed by atoms with van der Waals surface area (Å²) in [7, 11) is 2.07. The number of carboxylic acids is 1. The summed E-state index contributed by atoms with van der Waals surface area (Å²) in [6, 6.07) is 0. The first-order chi connectivity index (χ1) is 7.12. The molecular weight excluding hydrogens is 190 g/mol. The van der Waals surface area contributed by atoms with Crippen LogP contribution in [0.15, 0.2) is 0 Å². The molecule has 0 aromatic rings. The number of hydrogen-bond acceptors (Lipinski definition) is 2. The van der Waals surface area contributed by atoms with Crippen LogP contribution >= 0.6 is 0 Å². The molecule has 0 aromatic carbocycles. The van der Waals surface area contributed by atoms with E-state index in [0.29, 0.717) is 0 Å². The van der Waals surface area contributed by atoms with Gasteiger partial charge in [0, 0.05) is 13.1 Å². The van der Waals surface area contributed by atoms with Crippen molar-refractivity contribution in [3.05, 3.63) is 0 Å². The van der Waals surface area contributed by atoms with Crippen LogP contribution in [0.1, 0.15) is 38.5 Å². The zero-order chi connectivity index (χ0) is 10.9. The van der Waals surface area contributed by atoms with E-state index in [2.05, 4.69) is 11.9 Å². The first-order valence-corrected chi connectivity index (χ1v) is 6.04. The number of carbonyl (C=O) groups is 1. The van der Waals surface area contributed by atoms with Gasteiger partial charge in [-0.05, 0) is 38.6 Å². The molecule has 86 valence electrons. The molecule has 3 nitrogen and oxygen atoms in total. The zero-order valence-electron chi connectivity index (χ0n) is 9.54. The Morgan fingerprint density at radius 1 is 1.40 bits per heavy atom. The average Bonchev–Trinajstić information content (AvgIpc) is 2.82. The lowest BCUT2D eigenvalue weighted by atomic mass is 9.86. The highest BCUT2D eigenvalue weighted by molar-refractivity contribution is 5.75. The van der Waals surface area contributed by atoms with Crippen LogP contribution in [0.4, 0.5) is 0 Å². The van der Waals surface area contributed by atoms with Crippen molar-refractivity contribution in [2.75, 3.05) is 20.1 Å². The molecule has 0 radical (unpaired) electrons. The van der Waals surface area contributed by atoms with E-state index in [9.17, 15) is 9.90 Å². The largest absolute Gasteiger partial charge is 0.481 e. The van der Waals surface area contributed by atoms with E-state index in [-0.39, 0.29) is 0 Å². The molecule has 0 spiro atoms. The van der Waals surface area contributed by atoms with Crippen LogP contribution in [-0.4, -0.2) is 36.1 Å². The molecule has 0 aromatic heterocycles. The standard InChI is InChI=1S/C12H21NO2/c1-13(8-10-4-5-10)9-12(11(14)15)6-2-3-7-12/h10H,2-9H2,1H3,(H,14,15). The summed E-state index contributed by atoms with van der Waals surface area (Å²) < 4.78 is 0. The Labute approximate surface area is 91.5 Å². The van der Waals surface area contributed by atoms with Gasteiger partial charge in [-0.25, -0.2) is 0 Å². The lowest BCUT2D eigenvalue weighted by Gasteiger charge is -2.29. The van der Waals surface area contributed by atoms with Gasteiger partial charge in [-0.2, -0.15) is 0 Å². The van der Waals surface area contributed by atoms with Crippen molar-refractivity contribution in [1.29, 1.82) is 0 Å². The third-order valence-electron chi connectivity index (χ3n) is 3.85. The van der Waals surface area contributed by atoms with Gasteiger partial charge in [0.25, 0.3) is 0 Å². The Kier molecular flexibility index (Phi) is 3.01. The topological polar surface area (TPSA) is 40.5 Å². The molecule has 2 fully saturated rings. The Balaban J connectivity index is 1.90. The van der Waals surface area contributed by atoms with Crippen LogP contribution < -0.4 is 0 Å². The molecule has 0 saturated heterocycles. The Morgan fingerprint density at radius 3 is 2.47 bits per heavy atom. The summed E-state index contributed by atoms with van der Waals surface area (Å²) in [6.45, 7) is 1.84. The smallest absolute Gasteiger partial charge is 0.310 e. The molecule has 2 aliphatic rings. The molecule has 2 saturated carbocycles. The van der Waals surface area contributed by atoms with Crippen LogP contribution in [0.5, 0.6) is 0 Å². The van der Waals surface area contributed by atoms with E-state index in [1.807, 2.05) is 0 Å². The second-order valence-electron chi connectivity index (χ2n) is 5.43. The normalized spacial score (nSPS) is 24.7. The fourth-order valence-corrected chi connectivity index (χ4v) is 2.81. The summed E-state index contributed by atoms with van der Waals surface area (Å²) in [5, 5.41) is 9.34. The molecule has 2 rings (SSSR count). The molecule has 15 heavy (non-hydrogen) atoms. The summed E-state index contributed by atoms with van der Waals surface area (Å²) >= 11 is 0. The van der Waals surface area contributed by atoms with Crippen molar-refractivity contribution in [3.63, 3.8) is 0 Å². The van der Waals surface area contributed by atoms with Gasteiger partial charge < -0.3 is 10.0 Å². The highest BCUT2D eigenvalue weighted by Crippen LogP contribution is 2.39. The molecule has 0 atom stereocenters. The fraction of sp³-hybridized carbons (Fsp3) is 0.917. The number of carboxylic acid groups (broad SMARTS) is 1. The molecule has 0 heterocycles. The number of aliphatic carboxylic acids is 1.